The van der Waals surface area contributed by atoms with E-state index in [0.717, 1.165) is 11.8 Å². The standard InChI is InChI=1S/C20H17NO6S2/c1-2-27-13-7-9-14(10-8-13)29(25,26)21-17-11-18(28-12-19(22)23)20(24)16-6-4-3-5-15(16)17/h3-11H,2,12H2,1H3,(H,22,23)/b21-17+. The summed E-state index contributed by atoms with van der Waals surface area (Å²) < 4.78 is 34.8. The number of Topliss-reactive ketones (excluding diaryl/α,β-unsaturated/α-hetero) is 1. The van der Waals surface area contributed by atoms with Gasteiger partial charge < -0.3 is 9.84 Å². The number of carboxylic acid groups (broad SMARTS) is 1. The number of carbonyl (C=O) groups excluding carboxylic acids is 1. The minimum atomic E-state index is -4.06. The number of ether oxygens (including phenoxy) is 1. The van der Waals surface area contributed by atoms with E-state index in [0.29, 0.717) is 17.9 Å². The van der Waals surface area contributed by atoms with Crippen LogP contribution in [0.2, 0.25) is 0 Å². The highest BCUT2D eigenvalue weighted by atomic mass is 32.2. The van der Waals surface area contributed by atoms with Gasteiger partial charge in [-0.3, -0.25) is 9.59 Å². The second kappa shape index (κ2) is 8.62. The molecule has 9 heteroatoms. The first kappa shape index (κ1) is 20.8. The molecule has 1 N–H and O–H groups in total. The lowest BCUT2D eigenvalue weighted by Crippen LogP contribution is -2.18. The van der Waals surface area contributed by atoms with Crippen molar-refractivity contribution in [3.05, 3.63) is 70.6 Å². The predicted molar refractivity (Wildman–Crippen MR) is 110 cm³/mol. The maximum absolute atomic E-state index is 12.8. The first-order chi connectivity index (χ1) is 13.8. The third-order valence-electron chi connectivity index (χ3n) is 3.94. The van der Waals surface area contributed by atoms with Crippen molar-refractivity contribution < 1.29 is 27.9 Å². The summed E-state index contributed by atoms with van der Waals surface area (Å²) in [6, 6.07) is 12.4. The smallest absolute Gasteiger partial charge is 0.313 e. The number of hydrogen-bond donors (Lipinski definition) is 1. The summed E-state index contributed by atoms with van der Waals surface area (Å²) in [6.07, 6.45) is 1.32. The number of sulfonamides is 1. The maximum Gasteiger partial charge on any atom is 0.313 e. The lowest BCUT2D eigenvalue weighted by atomic mass is 9.94. The van der Waals surface area contributed by atoms with E-state index < -0.39 is 16.0 Å². The van der Waals surface area contributed by atoms with Gasteiger partial charge in [0.1, 0.15) is 5.75 Å². The fourth-order valence-corrected chi connectivity index (χ4v) is 4.39. The fourth-order valence-electron chi connectivity index (χ4n) is 2.68. The van der Waals surface area contributed by atoms with Gasteiger partial charge in [0.25, 0.3) is 10.0 Å². The Balaban J connectivity index is 2.04. The normalized spacial score (nSPS) is 15.0. The van der Waals surface area contributed by atoms with E-state index in [1.54, 1.807) is 36.4 Å². The molecule has 150 valence electrons. The van der Waals surface area contributed by atoms with Gasteiger partial charge in [-0.15, -0.1) is 11.8 Å². The van der Waals surface area contributed by atoms with Gasteiger partial charge in [0.05, 0.1) is 27.9 Å². The maximum atomic E-state index is 12.8. The van der Waals surface area contributed by atoms with Gasteiger partial charge in [0.15, 0.2) is 5.78 Å². The number of nitrogens with zero attached hydrogens (tertiary/aromatic N) is 1. The summed E-state index contributed by atoms with van der Waals surface area (Å²) >= 11 is 0.830. The van der Waals surface area contributed by atoms with Crippen LogP contribution < -0.4 is 4.74 Å². The zero-order valence-electron chi connectivity index (χ0n) is 15.4. The van der Waals surface area contributed by atoms with Crippen molar-refractivity contribution in [2.75, 3.05) is 12.4 Å². The van der Waals surface area contributed by atoms with Crippen LogP contribution in [0, 0.1) is 0 Å². The second-order valence-corrected chi connectivity index (χ2v) is 8.54. The highest BCUT2D eigenvalue weighted by Crippen LogP contribution is 2.29. The Morgan fingerprint density at radius 1 is 1.10 bits per heavy atom. The van der Waals surface area contributed by atoms with Crippen LogP contribution >= 0.6 is 11.8 Å². The molecule has 2 aromatic rings. The van der Waals surface area contributed by atoms with Gasteiger partial charge in [-0.05, 0) is 37.3 Å². The number of allylic oxidation sites excluding steroid dienone is 2. The molecule has 0 aliphatic heterocycles. The molecular weight excluding hydrogens is 414 g/mol. The Kier molecular flexibility index (Phi) is 6.19. The van der Waals surface area contributed by atoms with Gasteiger partial charge in [-0.2, -0.15) is 12.8 Å². The molecule has 7 nitrogen and oxygen atoms in total. The highest BCUT2D eigenvalue weighted by molar-refractivity contribution is 8.04. The van der Waals surface area contributed by atoms with Crippen molar-refractivity contribution in [1.29, 1.82) is 0 Å². The van der Waals surface area contributed by atoms with Crippen LogP contribution in [0.25, 0.3) is 0 Å². The van der Waals surface area contributed by atoms with Gasteiger partial charge in [0.2, 0.25) is 0 Å². The zero-order valence-corrected chi connectivity index (χ0v) is 17.0. The quantitative estimate of drug-likeness (QED) is 0.717. The summed E-state index contributed by atoms with van der Waals surface area (Å²) in [5.41, 5.74) is 0.747. The minimum absolute atomic E-state index is 0.0176. The fraction of sp³-hybridized carbons (Fsp3) is 0.150. The van der Waals surface area contributed by atoms with Crippen LogP contribution in [-0.4, -0.2) is 43.3 Å². The lowest BCUT2D eigenvalue weighted by molar-refractivity contribution is -0.133. The van der Waals surface area contributed by atoms with Gasteiger partial charge >= 0.3 is 5.97 Å². The molecule has 0 aromatic heterocycles. The van der Waals surface area contributed by atoms with E-state index in [2.05, 4.69) is 4.40 Å². The van der Waals surface area contributed by atoms with E-state index in [1.807, 2.05) is 6.92 Å². The summed E-state index contributed by atoms with van der Waals surface area (Å²) in [5, 5.41) is 8.89. The molecule has 0 spiro atoms. The molecule has 0 heterocycles. The Morgan fingerprint density at radius 3 is 2.38 bits per heavy atom. The van der Waals surface area contributed by atoms with Crippen molar-refractivity contribution >= 4 is 39.2 Å². The molecule has 0 fully saturated rings. The Hall–Kier alpha value is -2.91. The number of fused-ring (bicyclic) bond motifs is 1. The van der Waals surface area contributed by atoms with E-state index >= 15 is 0 Å². The number of carbonyl (C=O) groups is 2. The van der Waals surface area contributed by atoms with Crippen molar-refractivity contribution in [3.8, 4) is 5.75 Å². The van der Waals surface area contributed by atoms with E-state index in [9.17, 15) is 18.0 Å². The molecular formula is C20H17NO6S2. The Morgan fingerprint density at radius 2 is 1.76 bits per heavy atom. The number of benzene rings is 2. The van der Waals surface area contributed by atoms with Gasteiger partial charge in [0, 0.05) is 11.1 Å². The zero-order chi connectivity index (χ0) is 21.0. The van der Waals surface area contributed by atoms with Gasteiger partial charge in [-0.25, -0.2) is 0 Å². The molecule has 2 aromatic carbocycles. The summed E-state index contributed by atoms with van der Waals surface area (Å²) in [6.45, 7) is 2.28. The van der Waals surface area contributed by atoms with Crippen molar-refractivity contribution in [2.45, 2.75) is 11.8 Å². The molecule has 1 aliphatic rings. The molecule has 3 rings (SSSR count). The molecule has 0 atom stereocenters. The van der Waals surface area contributed by atoms with Crippen LogP contribution in [0.5, 0.6) is 5.75 Å². The SMILES string of the molecule is CCOc1ccc(S(=O)(=O)/N=C2\C=C(SCC(=O)O)C(=O)c3ccccc32)cc1. The minimum Gasteiger partial charge on any atom is -0.494 e. The van der Waals surface area contributed by atoms with Crippen LogP contribution in [0.3, 0.4) is 0 Å². The van der Waals surface area contributed by atoms with E-state index in [1.165, 1.54) is 18.2 Å². The van der Waals surface area contributed by atoms with E-state index in [-0.39, 0.29) is 32.6 Å². The topological polar surface area (TPSA) is 110 Å². The predicted octanol–water partition coefficient (Wildman–Crippen LogP) is 3.16. The average molecular weight is 431 g/mol. The average Bonchev–Trinajstić information content (AvgIpc) is 2.69. The Labute approximate surface area is 172 Å². The third-order valence-corrected chi connectivity index (χ3v) is 6.25. The number of ketones is 1. The molecule has 1 aliphatic carbocycles. The molecule has 0 unspecified atom stereocenters. The molecule has 0 saturated carbocycles. The number of hydrogen-bond acceptors (Lipinski definition) is 6. The monoisotopic (exact) mass is 431 g/mol. The molecule has 0 bridgehead atoms. The second-order valence-electron chi connectivity index (χ2n) is 5.92. The summed E-state index contributed by atoms with van der Waals surface area (Å²) in [5.74, 6) is -1.22. The lowest BCUT2D eigenvalue weighted by Gasteiger charge is -2.16. The summed E-state index contributed by atoms with van der Waals surface area (Å²) in [7, 11) is -4.06. The molecule has 0 radical (unpaired) electrons. The van der Waals surface area contributed by atoms with E-state index in [4.69, 9.17) is 9.84 Å². The number of thioether (sulfide) groups is 1. The van der Waals surface area contributed by atoms with Crippen molar-refractivity contribution in [1.82, 2.24) is 0 Å². The summed E-state index contributed by atoms with van der Waals surface area (Å²) in [4.78, 5) is 23.6. The van der Waals surface area contributed by atoms with Crippen LogP contribution in [-0.2, 0) is 14.8 Å². The van der Waals surface area contributed by atoms with Crippen LogP contribution in [0.1, 0.15) is 22.8 Å². The third kappa shape index (κ3) is 4.75. The van der Waals surface area contributed by atoms with Gasteiger partial charge in [-0.1, -0.05) is 24.3 Å². The highest BCUT2D eigenvalue weighted by Gasteiger charge is 2.26. The largest absolute Gasteiger partial charge is 0.494 e. The van der Waals surface area contributed by atoms with Crippen molar-refractivity contribution in [2.24, 2.45) is 4.40 Å². The van der Waals surface area contributed by atoms with Crippen LogP contribution in [0.4, 0.5) is 0 Å². The molecule has 0 amide bonds. The first-order valence-corrected chi connectivity index (χ1v) is 11.0. The Bertz CT molecular complexity index is 1120. The van der Waals surface area contributed by atoms with Crippen LogP contribution in [0.15, 0.2) is 68.8 Å². The van der Waals surface area contributed by atoms with Crippen molar-refractivity contribution in [3.63, 3.8) is 0 Å². The molecule has 0 saturated heterocycles. The molecule has 29 heavy (non-hydrogen) atoms. The first-order valence-electron chi connectivity index (χ1n) is 8.60. The number of carboxylic acids is 1. The number of aliphatic carboxylic acids is 1. The number of rotatable bonds is 7.